The fourth-order valence-electron chi connectivity index (χ4n) is 3.74. The van der Waals surface area contributed by atoms with E-state index >= 15 is 0 Å². The van der Waals surface area contributed by atoms with E-state index in [9.17, 15) is 14.9 Å². The van der Waals surface area contributed by atoms with Gasteiger partial charge in [0.2, 0.25) is 5.95 Å². The third-order valence-corrected chi connectivity index (χ3v) is 5.65. The van der Waals surface area contributed by atoms with Gasteiger partial charge in [-0.2, -0.15) is 5.26 Å². The molecule has 34 heavy (non-hydrogen) atoms. The van der Waals surface area contributed by atoms with Gasteiger partial charge in [0.05, 0.1) is 39.3 Å². The van der Waals surface area contributed by atoms with Gasteiger partial charge < -0.3 is 5.73 Å². The first-order valence-electron chi connectivity index (χ1n) is 10.3. The van der Waals surface area contributed by atoms with E-state index in [4.69, 9.17) is 10.7 Å². The van der Waals surface area contributed by atoms with Gasteiger partial charge >= 0.3 is 5.69 Å². The van der Waals surface area contributed by atoms with Crippen molar-refractivity contribution in [1.29, 1.82) is 5.26 Å². The van der Waals surface area contributed by atoms with Crippen LogP contribution in [-0.4, -0.2) is 29.5 Å². The number of rotatable bonds is 3. The lowest BCUT2D eigenvalue weighted by molar-refractivity contribution is 0.686. The van der Waals surface area contributed by atoms with Gasteiger partial charge in [-0.05, 0) is 43.7 Å². The van der Waals surface area contributed by atoms with Gasteiger partial charge in [-0.3, -0.25) is 19.3 Å². The highest BCUT2D eigenvalue weighted by molar-refractivity contribution is 6.01. The van der Waals surface area contributed by atoms with Crippen LogP contribution in [0.2, 0.25) is 0 Å². The Hall–Kier alpha value is -4.91. The number of nitriles is 1. The van der Waals surface area contributed by atoms with Crippen molar-refractivity contribution >= 4 is 27.9 Å². The fourth-order valence-corrected chi connectivity index (χ4v) is 3.74. The Morgan fingerprint density at radius 2 is 1.82 bits per heavy atom. The number of benzene rings is 1. The average Bonchev–Trinajstić information content (AvgIpc) is 2.84. The number of hydrogen-bond acceptors (Lipinski definition) is 8. The monoisotopic (exact) mass is 450 g/mol. The molecule has 0 aliphatic carbocycles. The largest absolute Gasteiger partial charge is 0.368 e. The van der Waals surface area contributed by atoms with E-state index in [0.717, 1.165) is 5.56 Å². The number of aromatic amines is 1. The Balaban J connectivity index is 1.87. The Bertz CT molecular complexity index is 1740. The molecule has 1 aromatic carbocycles. The van der Waals surface area contributed by atoms with E-state index in [1.54, 1.807) is 56.6 Å². The van der Waals surface area contributed by atoms with Crippen LogP contribution in [0.4, 0.5) is 5.95 Å². The molecule has 0 bridgehead atoms. The Kier molecular flexibility index (Phi) is 4.68. The summed E-state index contributed by atoms with van der Waals surface area (Å²) in [4.78, 5) is 45.2. The van der Waals surface area contributed by atoms with E-state index in [1.807, 2.05) is 6.07 Å². The van der Waals surface area contributed by atoms with Gasteiger partial charge in [0, 0.05) is 24.2 Å². The number of nitrogen functional groups attached to an aromatic ring is 1. The van der Waals surface area contributed by atoms with Crippen molar-refractivity contribution in [3.8, 4) is 23.0 Å². The molecule has 0 saturated heterocycles. The molecule has 0 fully saturated rings. The summed E-state index contributed by atoms with van der Waals surface area (Å²) in [6, 6.07) is 12.8. The number of aromatic nitrogens is 6. The first-order valence-corrected chi connectivity index (χ1v) is 10.3. The SMILES string of the molecule is CC(C)(C#N)c1cccc(-n2c(=O)[nH]c(=O)c3cnc4ccc(-c5cnc(N)nc5)nc4c32)c1. The Labute approximate surface area is 192 Å². The molecule has 0 spiro atoms. The van der Waals surface area contributed by atoms with Crippen LogP contribution in [0.15, 0.2) is 64.6 Å². The summed E-state index contributed by atoms with van der Waals surface area (Å²) in [5.74, 6) is 0.136. The molecule has 0 aliphatic heterocycles. The summed E-state index contributed by atoms with van der Waals surface area (Å²) < 4.78 is 1.38. The predicted octanol–water partition coefficient (Wildman–Crippen LogP) is 2.46. The van der Waals surface area contributed by atoms with E-state index in [0.29, 0.717) is 33.5 Å². The maximum atomic E-state index is 13.1. The number of fused-ring (bicyclic) bond motifs is 3. The molecule has 5 rings (SSSR count). The minimum atomic E-state index is -0.776. The van der Waals surface area contributed by atoms with Crippen molar-refractivity contribution in [1.82, 2.24) is 29.5 Å². The smallest absolute Gasteiger partial charge is 0.333 e. The normalized spacial score (nSPS) is 11.6. The highest BCUT2D eigenvalue weighted by Crippen LogP contribution is 2.27. The molecule has 0 atom stereocenters. The molecule has 4 heterocycles. The van der Waals surface area contributed by atoms with E-state index < -0.39 is 16.7 Å². The molecule has 0 unspecified atom stereocenters. The van der Waals surface area contributed by atoms with Crippen LogP contribution in [0.5, 0.6) is 0 Å². The van der Waals surface area contributed by atoms with Crippen LogP contribution >= 0.6 is 0 Å². The van der Waals surface area contributed by atoms with Crippen LogP contribution < -0.4 is 17.0 Å². The lowest BCUT2D eigenvalue weighted by atomic mass is 9.86. The minimum Gasteiger partial charge on any atom is -0.368 e. The standard InChI is InChI=1S/C24H18N8O2/c1-24(2,12-25)14-4-3-5-15(8-14)32-20-16(21(33)31-23(32)34)11-27-18-7-6-17(30-19(18)20)13-9-28-22(26)29-10-13/h3-11H,1-2H3,(H2,26,28,29)(H,31,33,34). The highest BCUT2D eigenvalue weighted by Gasteiger charge is 2.21. The van der Waals surface area contributed by atoms with Gasteiger partial charge in [-0.25, -0.2) is 19.7 Å². The summed E-state index contributed by atoms with van der Waals surface area (Å²) in [6.45, 7) is 3.59. The molecule has 166 valence electrons. The predicted molar refractivity (Wildman–Crippen MR) is 127 cm³/mol. The van der Waals surface area contributed by atoms with Crippen LogP contribution in [0, 0.1) is 11.3 Å². The second kappa shape index (κ2) is 7.60. The molecule has 4 aromatic heterocycles. The van der Waals surface area contributed by atoms with Crippen molar-refractivity contribution in [3.05, 3.63) is 81.4 Å². The number of nitrogens with two attached hydrogens (primary N) is 1. The van der Waals surface area contributed by atoms with Crippen LogP contribution in [0.1, 0.15) is 19.4 Å². The van der Waals surface area contributed by atoms with E-state index in [-0.39, 0.29) is 11.3 Å². The molecule has 5 aromatic rings. The summed E-state index contributed by atoms with van der Waals surface area (Å²) >= 11 is 0. The third kappa shape index (κ3) is 3.36. The maximum absolute atomic E-state index is 13.1. The topological polar surface area (TPSA) is 156 Å². The summed E-state index contributed by atoms with van der Waals surface area (Å²) in [5, 5.41) is 9.77. The molecule has 3 N–H and O–H groups in total. The van der Waals surface area contributed by atoms with Gasteiger partial charge in [0.15, 0.2) is 0 Å². The first kappa shape index (κ1) is 21.0. The number of anilines is 1. The van der Waals surface area contributed by atoms with Crippen molar-refractivity contribution < 1.29 is 0 Å². The number of nitrogens with zero attached hydrogens (tertiary/aromatic N) is 6. The number of H-pyrrole nitrogens is 1. The van der Waals surface area contributed by atoms with Crippen LogP contribution in [-0.2, 0) is 5.41 Å². The van der Waals surface area contributed by atoms with Gasteiger partial charge in [-0.15, -0.1) is 0 Å². The lowest BCUT2D eigenvalue weighted by Gasteiger charge is -2.18. The molecule has 0 amide bonds. The summed E-state index contributed by atoms with van der Waals surface area (Å²) in [7, 11) is 0. The van der Waals surface area contributed by atoms with Crippen molar-refractivity contribution in [2.24, 2.45) is 0 Å². The van der Waals surface area contributed by atoms with E-state index in [2.05, 4.69) is 26.0 Å². The number of nitrogens with one attached hydrogen (secondary N) is 1. The number of hydrogen-bond donors (Lipinski definition) is 2. The summed E-state index contributed by atoms with van der Waals surface area (Å²) in [6.07, 6.45) is 4.51. The van der Waals surface area contributed by atoms with E-state index in [1.165, 1.54) is 10.8 Å². The molecule has 10 heteroatoms. The van der Waals surface area contributed by atoms with Crippen LogP contribution in [0.25, 0.3) is 38.9 Å². The molecule has 0 saturated carbocycles. The van der Waals surface area contributed by atoms with Crippen LogP contribution in [0.3, 0.4) is 0 Å². The van der Waals surface area contributed by atoms with Gasteiger partial charge in [-0.1, -0.05) is 12.1 Å². The van der Waals surface area contributed by atoms with Gasteiger partial charge in [0.1, 0.15) is 5.52 Å². The first-order chi connectivity index (χ1) is 16.3. The second-order valence-corrected chi connectivity index (χ2v) is 8.30. The molecular formula is C24H18N8O2. The quantitative estimate of drug-likeness (QED) is 0.397. The highest BCUT2D eigenvalue weighted by atomic mass is 16.2. The third-order valence-electron chi connectivity index (χ3n) is 5.65. The maximum Gasteiger partial charge on any atom is 0.333 e. The molecule has 0 radical (unpaired) electrons. The Morgan fingerprint density at radius 3 is 2.56 bits per heavy atom. The zero-order chi connectivity index (χ0) is 24.0. The minimum absolute atomic E-state index is 0.136. The lowest BCUT2D eigenvalue weighted by Crippen LogP contribution is -2.30. The van der Waals surface area contributed by atoms with Gasteiger partial charge in [0.25, 0.3) is 5.56 Å². The van der Waals surface area contributed by atoms with Crippen molar-refractivity contribution in [2.45, 2.75) is 19.3 Å². The van der Waals surface area contributed by atoms with Crippen molar-refractivity contribution in [3.63, 3.8) is 0 Å². The zero-order valence-corrected chi connectivity index (χ0v) is 18.3. The zero-order valence-electron chi connectivity index (χ0n) is 18.3. The summed E-state index contributed by atoms with van der Waals surface area (Å²) in [5.41, 5.74) is 7.15. The van der Waals surface area contributed by atoms with Crippen molar-refractivity contribution in [2.75, 3.05) is 5.73 Å². The second-order valence-electron chi connectivity index (χ2n) is 8.30. The molecular weight excluding hydrogens is 432 g/mol. The Morgan fingerprint density at radius 1 is 1.06 bits per heavy atom. The average molecular weight is 450 g/mol. The molecule has 10 nitrogen and oxygen atoms in total. The molecule has 0 aliphatic rings. The fraction of sp³-hybridized carbons (Fsp3) is 0.125. The number of pyridine rings is 2.